The van der Waals surface area contributed by atoms with E-state index in [0.29, 0.717) is 16.3 Å². The molecule has 1 aromatic carbocycles. The molecule has 0 aliphatic heterocycles. The quantitative estimate of drug-likeness (QED) is 0.681. The van der Waals surface area contributed by atoms with Crippen molar-refractivity contribution in [3.05, 3.63) is 27.1 Å². The van der Waals surface area contributed by atoms with Crippen LogP contribution in [-0.4, -0.2) is 31.6 Å². The van der Waals surface area contributed by atoms with Crippen LogP contribution in [0.5, 0.6) is 0 Å². The fourth-order valence-corrected chi connectivity index (χ4v) is 4.48. The number of hydrogen-bond acceptors (Lipinski definition) is 2. The molecule has 0 saturated carbocycles. The maximum absolute atomic E-state index is 12.1. The highest BCUT2D eigenvalue weighted by molar-refractivity contribution is 9.11. The number of halogens is 3. The Morgan fingerprint density at radius 1 is 1.31 bits per heavy atom. The molecule has 0 aromatic heterocycles. The van der Waals surface area contributed by atoms with Gasteiger partial charge in [0.05, 0.1) is 4.90 Å². The standard InChI is InChI=1S/C9H10Br3NO2S/c1-13(5-4-10)16(14,15)9-6-7(11)2-3-8(9)12/h2-3,6H,4-5H2,1H3. The molecule has 0 amide bonds. The van der Waals surface area contributed by atoms with Crippen molar-refractivity contribution in [2.45, 2.75) is 4.90 Å². The van der Waals surface area contributed by atoms with Crippen molar-refractivity contribution in [3.63, 3.8) is 0 Å². The topological polar surface area (TPSA) is 37.4 Å². The molecule has 1 rings (SSSR count). The van der Waals surface area contributed by atoms with Crippen LogP contribution in [0.15, 0.2) is 32.0 Å². The van der Waals surface area contributed by atoms with Gasteiger partial charge in [0.1, 0.15) is 0 Å². The summed E-state index contributed by atoms with van der Waals surface area (Å²) in [5.74, 6) is 0. The average molecular weight is 436 g/mol. The second kappa shape index (κ2) is 5.95. The van der Waals surface area contributed by atoms with E-state index in [1.165, 1.54) is 4.31 Å². The van der Waals surface area contributed by atoms with Crippen LogP contribution >= 0.6 is 47.8 Å². The lowest BCUT2D eigenvalue weighted by molar-refractivity contribution is 0.489. The summed E-state index contributed by atoms with van der Waals surface area (Å²) in [5, 5.41) is 0.606. The molecule has 3 nitrogen and oxygen atoms in total. The van der Waals surface area contributed by atoms with Crippen LogP contribution in [0.1, 0.15) is 0 Å². The molecule has 0 N–H and O–H groups in total. The number of benzene rings is 1. The number of sulfonamides is 1. The van der Waals surface area contributed by atoms with Crippen molar-refractivity contribution in [1.29, 1.82) is 0 Å². The summed E-state index contributed by atoms with van der Waals surface area (Å²) in [7, 11) is -1.87. The molecule has 1 aromatic rings. The summed E-state index contributed by atoms with van der Waals surface area (Å²) in [6.45, 7) is 0.432. The molecule has 0 unspecified atom stereocenters. The van der Waals surface area contributed by atoms with Crippen LogP contribution in [-0.2, 0) is 10.0 Å². The van der Waals surface area contributed by atoms with Crippen LogP contribution in [0.4, 0.5) is 0 Å². The normalized spacial score (nSPS) is 12.1. The van der Waals surface area contributed by atoms with Gasteiger partial charge in [0.15, 0.2) is 0 Å². The van der Waals surface area contributed by atoms with E-state index in [4.69, 9.17) is 0 Å². The van der Waals surface area contributed by atoms with E-state index in [0.717, 1.165) is 4.47 Å². The number of hydrogen-bond donors (Lipinski definition) is 0. The second-order valence-electron chi connectivity index (χ2n) is 3.09. The molecule has 90 valence electrons. The maximum Gasteiger partial charge on any atom is 0.244 e. The van der Waals surface area contributed by atoms with Gasteiger partial charge < -0.3 is 0 Å². The molecule has 0 saturated heterocycles. The summed E-state index contributed by atoms with van der Waals surface area (Å²) >= 11 is 9.73. The zero-order valence-electron chi connectivity index (χ0n) is 8.45. The molecule has 0 bridgehead atoms. The van der Waals surface area contributed by atoms with Crippen molar-refractivity contribution in [1.82, 2.24) is 4.31 Å². The largest absolute Gasteiger partial charge is 0.244 e. The van der Waals surface area contributed by atoms with Crippen LogP contribution in [0.25, 0.3) is 0 Å². The van der Waals surface area contributed by atoms with Crippen LogP contribution in [0, 0.1) is 0 Å². The summed E-state index contributed by atoms with van der Waals surface area (Å²) < 4.78 is 26.9. The molecule has 0 radical (unpaired) electrons. The van der Waals surface area contributed by atoms with Crippen molar-refractivity contribution < 1.29 is 8.42 Å². The fraction of sp³-hybridized carbons (Fsp3) is 0.333. The highest BCUT2D eigenvalue weighted by Gasteiger charge is 2.22. The van der Waals surface area contributed by atoms with Gasteiger partial charge in [-0.15, -0.1) is 0 Å². The monoisotopic (exact) mass is 433 g/mol. The molecule has 16 heavy (non-hydrogen) atoms. The third-order valence-electron chi connectivity index (χ3n) is 1.98. The SMILES string of the molecule is CN(CCBr)S(=O)(=O)c1cc(Br)ccc1Br. The Balaban J connectivity index is 3.21. The van der Waals surface area contributed by atoms with Crippen LogP contribution in [0.2, 0.25) is 0 Å². The van der Waals surface area contributed by atoms with E-state index in [9.17, 15) is 8.42 Å². The Morgan fingerprint density at radius 2 is 1.94 bits per heavy atom. The Morgan fingerprint density at radius 3 is 2.50 bits per heavy atom. The van der Waals surface area contributed by atoms with E-state index in [2.05, 4.69) is 47.8 Å². The Kier molecular flexibility index (Phi) is 5.44. The summed E-state index contributed by atoms with van der Waals surface area (Å²) in [5.41, 5.74) is 0. The van der Waals surface area contributed by atoms with Gasteiger partial charge in [0, 0.05) is 27.9 Å². The van der Waals surface area contributed by atoms with Crippen molar-refractivity contribution in [3.8, 4) is 0 Å². The first-order valence-corrected chi connectivity index (χ1v) is 8.51. The third kappa shape index (κ3) is 3.29. The Hall–Kier alpha value is 0.570. The predicted octanol–water partition coefficient (Wildman–Crippen LogP) is 3.23. The molecular weight excluding hydrogens is 426 g/mol. The molecule has 0 fully saturated rings. The zero-order chi connectivity index (χ0) is 12.3. The van der Waals surface area contributed by atoms with Crippen molar-refractivity contribution >= 4 is 57.8 Å². The average Bonchev–Trinajstić information content (AvgIpc) is 2.22. The predicted molar refractivity (Wildman–Crippen MR) is 75.5 cm³/mol. The van der Waals surface area contributed by atoms with Gasteiger partial charge in [-0.2, -0.15) is 0 Å². The van der Waals surface area contributed by atoms with Gasteiger partial charge in [0.2, 0.25) is 10.0 Å². The van der Waals surface area contributed by atoms with Gasteiger partial charge in [0.25, 0.3) is 0 Å². The molecule has 7 heteroatoms. The smallest absolute Gasteiger partial charge is 0.207 e. The lowest BCUT2D eigenvalue weighted by atomic mass is 10.4. The second-order valence-corrected chi connectivity index (χ2v) is 7.67. The first kappa shape index (κ1) is 14.6. The Bertz CT molecular complexity index is 476. The minimum Gasteiger partial charge on any atom is -0.207 e. The molecule has 0 aliphatic rings. The van der Waals surface area contributed by atoms with Gasteiger partial charge in [-0.05, 0) is 34.1 Å². The number of nitrogens with zero attached hydrogens (tertiary/aromatic N) is 1. The fourth-order valence-electron chi connectivity index (χ4n) is 1.08. The molecule has 0 heterocycles. The molecule has 0 atom stereocenters. The molecular formula is C9H10Br3NO2S. The number of rotatable bonds is 4. The van der Waals surface area contributed by atoms with E-state index < -0.39 is 10.0 Å². The van der Waals surface area contributed by atoms with E-state index in [-0.39, 0.29) is 4.90 Å². The van der Waals surface area contributed by atoms with E-state index >= 15 is 0 Å². The third-order valence-corrected chi connectivity index (χ3v) is 5.68. The van der Waals surface area contributed by atoms with Gasteiger partial charge in [-0.1, -0.05) is 31.9 Å². The minimum absolute atomic E-state index is 0.269. The van der Waals surface area contributed by atoms with Crippen molar-refractivity contribution in [2.24, 2.45) is 0 Å². The van der Waals surface area contributed by atoms with Gasteiger partial charge in [-0.25, -0.2) is 12.7 Å². The maximum atomic E-state index is 12.1. The van der Waals surface area contributed by atoms with Gasteiger partial charge in [-0.3, -0.25) is 0 Å². The number of alkyl halides is 1. The highest BCUT2D eigenvalue weighted by Crippen LogP contribution is 2.27. The molecule has 0 spiro atoms. The van der Waals surface area contributed by atoms with Gasteiger partial charge >= 0.3 is 0 Å². The van der Waals surface area contributed by atoms with E-state index in [1.54, 1.807) is 25.2 Å². The van der Waals surface area contributed by atoms with Crippen LogP contribution in [0.3, 0.4) is 0 Å². The first-order chi connectivity index (χ1) is 7.39. The van der Waals surface area contributed by atoms with Crippen LogP contribution < -0.4 is 0 Å². The lowest BCUT2D eigenvalue weighted by Crippen LogP contribution is -2.28. The zero-order valence-corrected chi connectivity index (χ0v) is 14.0. The summed E-state index contributed by atoms with van der Waals surface area (Å²) in [6.07, 6.45) is 0. The lowest BCUT2D eigenvalue weighted by Gasteiger charge is -2.17. The summed E-state index contributed by atoms with van der Waals surface area (Å²) in [6, 6.07) is 5.08. The summed E-state index contributed by atoms with van der Waals surface area (Å²) in [4.78, 5) is 0.269. The molecule has 0 aliphatic carbocycles. The highest BCUT2D eigenvalue weighted by atomic mass is 79.9. The van der Waals surface area contributed by atoms with E-state index in [1.807, 2.05) is 0 Å². The minimum atomic E-state index is -3.43. The first-order valence-electron chi connectivity index (χ1n) is 4.37. The Labute approximate surface area is 121 Å². The van der Waals surface area contributed by atoms with Crippen molar-refractivity contribution in [2.75, 3.05) is 18.9 Å².